The lowest BCUT2D eigenvalue weighted by molar-refractivity contribution is -0.113. The zero-order chi connectivity index (χ0) is 22.2. The molecule has 0 saturated heterocycles. The van der Waals surface area contributed by atoms with Gasteiger partial charge in [-0.3, -0.25) is 4.79 Å². The fourth-order valence-electron chi connectivity index (χ4n) is 3.77. The van der Waals surface area contributed by atoms with Crippen LogP contribution in [0.15, 0.2) is 121 Å². The minimum atomic E-state index is -3.33. The molecule has 0 spiro atoms. The second-order valence-corrected chi connectivity index (χ2v) is 10.5. The number of Topliss-reactive ketones (excluding diaryl/α,β-unsaturated/α-hetero) is 1. The maximum absolute atomic E-state index is 14.9. The first-order valence-electron chi connectivity index (χ1n) is 10.5. The zero-order valence-corrected chi connectivity index (χ0v) is 18.5. The van der Waals surface area contributed by atoms with Gasteiger partial charge in [0.05, 0.1) is 5.66 Å². The molecule has 0 saturated carbocycles. The molecule has 0 heterocycles. The van der Waals surface area contributed by atoms with Crippen LogP contribution in [0.4, 0.5) is 0 Å². The molecule has 1 atom stereocenters. The summed E-state index contributed by atoms with van der Waals surface area (Å²) in [7, 11) is -3.33. The van der Waals surface area contributed by atoms with Crippen molar-refractivity contribution in [3.05, 3.63) is 132 Å². The van der Waals surface area contributed by atoms with Gasteiger partial charge in [0.2, 0.25) is 5.78 Å². The molecular weight excluding hydrogens is 411 g/mol. The van der Waals surface area contributed by atoms with Crippen molar-refractivity contribution in [1.82, 2.24) is 0 Å². The van der Waals surface area contributed by atoms with Gasteiger partial charge in [-0.1, -0.05) is 115 Å². The largest absolute Gasteiger partial charge is 0.313 e. The van der Waals surface area contributed by atoms with E-state index in [0.717, 1.165) is 11.1 Å². The van der Waals surface area contributed by atoms with E-state index in [1.54, 1.807) is 0 Å². The van der Waals surface area contributed by atoms with E-state index in [2.05, 4.69) is 11.8 Å². The van der Waals surface area contributed by atoms with Gasteiger partial charge < -0.3 is 4.57 Å². The number of carbonyl (C=O) groups excluding carboxylic acids is 1. The predicted octanol–water partition coefficient (Wildman–Crippen LogP) is 5.23. The molecule has 4 rings (SSSR count). The lowest BCUT2D eigenvalue weighted by atomic mass is 10.1. The first kappa shape index (κ1) is 21.6. The zero-order valence-electron chi connectivity index (χ0n) is 17.6. The van der Waals surface area contributed by atoms with Gasteiger partial charge in [-0.15, -0.1) is 0 Å². The molecule has 0 radical (unpaired) electrons. The van der Waals surface area contributed by atoms with E-state index >= 15 is 0 Å². The summed E-state index contributed by atoms with van der Waals surface area (Å²) in [4.78, 5) is 13.6. The lowest BCUT2D eigenvalue weighted by Crippen LogP contribution is -2.33. The van der Waals surface area contributed by atoms with Crippen LogP contribution in [0.25, 0.3) is 0 Å². The van der Waals surface area contributed by atoms with Crippen molar-refractivity contribution in [2.75, 3.05) is 0 Å². The summed E-state index contributed by atoms with van der Waals surface area (Å²) in [6.45, 7) is 0. The number of carbonyl (C=O) groups is 1. The molecule has 156 valence electrons. The van der Waals surface area contributed by atoms with Crippen molar-refractivity contribution >= 4 is 23.5 Å². The minimum absolute atomic E-state index is 0.311. The van der Waals surface area contributed by atoms with Gasteiger partial charge in [0, 0.05) is 16.2 Å². The Balaban J connectivity index is 1.85. The monoisotopic (exact) mass is 434 g/mol. The second kappa shape index (κ2) is 10.1. The fraction of sp³-hybridized carbons (Fsp3) is 0.0690. The van der Waals surface area contributed by atoms with Crippen molar-refractivity contribution in [2.45, 2.75) is 12.1 Å². The highest BCUT2D eigenvalue weighted by Crippen LogP contribution is 2.50. The highest BCUT2D eigenvalue weighted by atomic mass is 31.2. The summed E-state index contributed by atoms with van der Waals surface area (Å²) in [6.07, 6.45) is 0.351. The Morgan fingerprint density at radius 1 is 0.656 bits per heavy atom. The maximum atomic E-state index is 14.9. The van der Waals surface area contributed by atoms with Crippen LogP contribution in [0.5, 0.6) is 0 Å². The maximum Gasteiger partial charge on any atom is 0.217 e. The molecule has 3 heteroatoms. The van der Waals surface area contributed by atoms with E-state index in [9.17, 15) is 9.36 Å². The Morgan fingerprint density at radius 2 is 1.09 bits per heavy atom. The molecule has 2 nitrogen and oxygen atoms in total. The second-order valence-electron chi connectivity index (χ2n) is 7.51. The summed E-state index contributed by atoms with van der Waals surface area (Å²) in [5.74, 6) is 5.46. The van der Waals surface area contributed by atoms with E-state index in [0.29, 0.717) is 17.0 Å². The van der Waals surface area contributed by atoms with Crippen molar-refractivity contribution < 1.29 is 9.36 Å². The smallest absolute Gasteiger partial charge is 0.217 e. The first-order chi connectivity index (χ1) is 15.7. The highest BCUT2D eigenvalue weighted by Gasteiger charge is 2.40. The Morgan fingerprint density at radius 3 is 1.59 bits per heavy atom. The van der Waals surface area contributed by atoms with Crippen LogP contribution in [-0.2, 0) is 15.8 Å². The molecule has 4 aromatic rings. The molecule has 0 fully saturated rings. The molecule has 0 aliphatic heterocycles. The standard InChI is InChI=1S/C29H23O2P/c30-28(22-21-24-13-5-1-6-14-24)29(23-25-15-7-2-8-16-25)32(31,26-17-9-3-10-18-26)27-19-11-4-12-20-27/h1-20,29H,23H2. The van der Waals surface area contributed by atoms with Crippen molar-refractivity contribution in [3.63, 3.8) is 0 Å². The molecule has 0 bridgehead atoms. The minimum Gasteiger partial charge on any atom is -0.313 e. The summed E-state index contributed by atoms with van der Waals surface area (Å²) < 4.78 is 14.9. The SMILES string of the molecule is O=C(C#Cc1ccccc1)C(Cc1ccccc1)P(=O)(c1ccccc1)c1ccccc1. The van der Waals surface area contributed by atoms with E-state index in [4.69, 9.17) is 0 Å². The molecule has 1 unspecified atom stereocenters. The van der Waals surface area contributed by atoms with Gasteiger partial charge in [0.1, 0.15) is 0 Å². The number of benzene rings is 4. The first-order valence-corrected chi connectivity index (χ1v) is 12.3. The average molecular weight is 434 g/mol. The van der Waals surface area contributed by atoms with Gasteiger partial charge in [-0.05, 0) is 30.0 Å². The van der Waals surface area contributed by atoms with Crippen LogP contribution in [0.1, 0.15) is 11.1 Å². The topological polar surface area (TPSA) is 34.1 Å². The quantitative estimate of drug-likeness (QED) is 0.308. The van der Waals surface area contributed by atoms with Gasteiger partial charge in [0.15, 0.2) is 7.14 Å². The summed E-state index contributed by atoms with van der Waals surface area (Å²) >= 11 is 0. The summed E-state index contributed by atoms with van der Waals surface area (Å²) in [5.41, 5.74) is 0.930. The summed E-state index contributed by atoms with van der Waals surface area (Å²) in [5, 5.41) is 1.34. The highest BCUT2D eigenvalue weighted by molar-refractivity contribution is 7.80. The van der Waals surface area contributed by atoms with E-state index < -0.39 is 12.8 Å². The van der Waals surface area contributed by atoms with Crippen LogP contribution < -0.4 is 10.6 Å². The van der Waals surface area contributed by atoms with Crippen LogP contribution >= 0.6 is 7.14 Å². The van der Waals surface area contributed by atoms with Gasteiger partial charge in [0.25, 0.3) is 0 Å². The van der Waals surface area contributed by atoms with Crippen LogP contribution in [-0.4, -0.2) is 11.4 Å². The third kappa shape index (κ3) is 4.80. The number of hydrogen-bond acceptors (Lipinski definition) is 2. The summed E-state index contributed by atoms with van der Waals surface area (Å²) in [6, 6.07) is 37.8. The van der Waals surface area contributed by atoms with Gasteiger partial charge in [-0.2, -0.15) is 0 Å². The fourth-order valence-corrected chi connectivity index (χ4v) is 6.88. The molecular formula is C29H23O2P. The number of rotatable bonds is 6. The van der Waals surface area contributed by atoms with Gasteiger partial charge >= 0.3 is 0 Å². The normalized spacial score (nSPS) is 11.8. The van der Waals surface area contributed by atoms with Gasteiger partial charge in [-0.25, -0.2) is 0 Å². The number of ketones is 1. The molecule has 0 amide bonds. The molecule has 0 N–H and O–H groups in total. The third-order valence-corrected chi connectivity index (χ3v) is 8.82. The van der Waals surface area contributed by atoms with Crippen molar-refractivity contribution in [2.24, 2.45) is 0 Å². The van der Waals surface area contributed by atoms with Crippen LogP contribution in [0.3, 0.4) is 0 Å². The Labute approximate surface area is 189 Å². The van der Waals surface area contributed by atoms with E-state index in [1.807, 2.05) is 121 Å². The third-order valence-electron chi connectivity index (χ3n) is 5.40. The van der Waals surface area contributed by atoms with Crippen molar-refractivity contribution in [3.8, 4) is 11.8 Å². The molecule has 0 aliphatic carbocycles. The lowest BCUT2D eigenvalue weighted by Gasteiger charge is -2.26. The molecule has 0 aliphatic rings. The molecule has 32 heavy (non-hydrogen) atoms. The average Bonchev–Trinajstić information content (AvgIpc) is 2.88. The molecule has 4 aromatic carbocycles. The predicted molar refractivity (Wildman–Crippen MR) is 132 cm³/mol. The Bertz CT molecular complexity index is 1230. The molecule has 0 aromatic heterocycles. The van der Waals surface area contributed by atoms with Crippen molar-refractivity contribution in [1.29, 1.82) is 0 Å². The van der Waals surface area contributed by atoms with Crippen LogP contribution in [0.2, 0.25) is 0 Å². The number of hydrogen-bond donors (Lipinski definition) is 0. The van der Waals surface area contributed by atoms with E-state index in [1.165, 1.54) is 0 Å². The van der Waals surface area contributed by atoms with E-state index in [-0.39, 0.29) is 5.78 Å². The Hall–Kier alpha value is -3.66. The van der Waals surface area contributed by atoms with Crippen LogP contribution in [0, 0.1) is 11.8 Å². The Kier molecular flexibility index (Phi) is 6.81.